The molecule has 0 saturated carbocycles. The summed E-state index contributed by atoms with van der Waals surface area (Å²) in [5.41, 5.74) is 0. The van der Waals surface area contributed by atoms with Gasteiger partial charge in [0.25, 0.3) is 0 Å². The minimum absolute atomic E-state index is 0.0363. The maximum atomic E-state index is 10.6. The zero-order chi connectivity index (χ0) is 8.85. The second-order valence-corrected chi connectivity index (χ2v) is 2.68. The van der Waals surface area contributed by atoms with E-state index >= 15 is 0 Å². The van der Waals surface area contributed by atoms with Gasteiger partial charge in [-0.3, -0.25) is 9.59 Å². The van der Waals surface area contributed by atoms with E-state index in [2.05, 4.69) is 5.92 Å². The molecule has 0 heterocycles. The summed E-state index contributed by atoms with van der Waals surface area (Å²) < 4.78 is 0. The molecule has 0 bridgehead atoms. The van der Waals surface area contributed by atoms with E-state index in [0.29, 0.717) is 12.8 Å². The van der Waals surface area contributed by atoms with E-state index in [1.807, 2.05) is 0 Å². The minimum Gasteiger partial charge on any atom is -0.300 e. The predicted octanol–water partition coefficient (Wildman–Crippen LogP) is 1.19. The van der Waals surface area contributed by atoms with Crippen LogP contribution in [0.1, 0.15) is 26.7 Å². The third kappa shape index (κ3) is 5.35. The summed E-state index contributed by atoms with van der Waals surface area (Å²) in [7, 11) is 0. The maximum absolute atomic E-state index is 10.6. The van der Waals surface area contributed by atoms with Gasteiger partial charge in [-0.15, -0.1) is 12.3 Å². The van der Waals surface area contributed by atoms with Crippen molar-refractivity contribution >= 4 is 11.6 Å². The van der Waals surface area contributed by atoms with Gasteiger partial charge in [0.15, 0.2) is 0 Å². The summed E-state index contributed by atoms with van der Waals surface area (Å²) in [4.78, 5) is 21.2. The molecule has 0 rings (SSSR count). The van der Waals surface area contributed by atoms with Gasteiger partial charge in [0, 0.05) is 18.8 Å². The number of carbonyl (C=O) groups is 2. The molecule has 0 spiro atoms. The van der Waals surface area contributed by atoms with E-state index in [4.69, 9.17) is 6.42 Å². The molecule has 0 N–H and O–H groups in total. The highest BCUT2D eigenvalue weighted by Crippen LogP contribution is 2.07. The summed E-state index contributed by atoms with van der Waals surface area (Å²) >= 11 is 0. The molecule has 0 unspecified atom stereocenters. The molecule has 0 amide bonds. The van der Waals surface area contributed by atoms with Crippen LogP contribution in [0.3, 0.4) is 0 Å². The Balaban J connectivity index is 3.89. The van der Waals surface area contributed by atoms with E-state index in [1.165, 1.54) is 13.8 Å². The van der Waals surface area contributed by atoms with Crippen molar-refractivity contribution in [2.45, 2.75) is 26.7 Å². The molecule has 11 heavy (non-hydrogen) atoms. The highest BCUT2D eigenvalue weighted by atomic mass is 16.1. The standard InChI is InChI=1S/C9H12O2/c1-4-9(5-7(2)10)6-8(3)11/h1,9H,5-6H2,2-3H3. The van der Waals surface area contributed by atoms with Crippen LogP contribution in [0.25, 0.3) is 0 Å². The Labute approximate surface area is 67.0 Å². The monoisotopic (exact) mass is 152 g/mol. The number of hydrogen-bond donors (Lipinski definition) is 0. The summed E-state index contributed by atoms with van der Waals surface area (Å²) in [6.45, 7) is 2.95. The fourth-order valence-corrected chi connectivity index (χ4v) is 0.884. The Bertz CT molecular complexity index is 182. The van der Waals surface area contributed by atoms with Crippen molar-refractivity contribution in [3.8, 4) is 12.3 Å². The van der Waals surface area contributed by atoms with Crippen LogP contribution in [0.2, 0.25) is 0 Å². The molecule has 2 heteroatoms. The van der Waals surface area contributed by atoms with E-state index in [-0.39, 0.29) is 17.5 Å². The normalized spacial score (nSPS) is 9.27. The zero-order valence-electron chi connectivity index (χ0n) is 6.89. The number of ketones is 2. The van der Waals surface area contributed by atoms with Crippen molar-refractivity contribution < 1.29 is 9.59 Å². The Morgan fingerprint density at radius 1 is 1.27 bits per heavy atom. The smallest absolute Gasteiger partial charge is 0.131 e. The van der Waals surface area contributed by atoms with Gasteiger partial charge in [-0.2, -0.15) is 0 Å². The van der Waals surface area contributed by atoms with E-state index < -0.39 is 0 Å². The van der Waals surface area contributed by atoms with Crippen molar-refractivity contribution in [1.29, 1.82) is 0 Å². The van der Waals surface area contributed by atoms with Crippen LogP contribution in [-0.4, -0.2) is 11.6 Å². The predicted molar refractivity (Wildman–Crippen MR) is 42.9 cm³/mol. The van der Waals surface area contributed by atoms with Crippen molar-refractivity contribution in [2.24, 2.45) is 5.92 Å². The largest absolute Gasteiger partial charge is 0.300 e. The summed E-state index contributed by atoms with van der Waals surface area (Å²) in [6, 6.07) is 0. The average molecular weight is 152 g/mol. The van der Waals surface area contributed by atoms with Gasteiger partial charge in [0.2, 0.25) is 0 Å². The van der Waals surface area contributed by atoms with Gasteiger partial charge in [-0.05, 0) is 13.8 Å². The Morgan fingerprint density at radius 3 is 1.82 bits per heavy atom. The average Bonchev–Trinajstić information content (AvgIpc) is 1.84. The topological polar surface area (TPSA) is 34.1 Å². The number of Topliss-reactive ketones (excluding diaryl/α,β-unsaturated/α-hetero) is 2. The number of rotatable bonds is 4. The molecular weight excluding hydrogens is 140 g/mol. The molecule has 0 aromatic rings. The first-order chi connectivity index (χ1) is 5.06. The quantitative estimate of drug-likeness (QED) is 0.567. The van der Waals surface area contributed by atoms with Crippen molar-refractivity contribution in [3.05, 3.63) is 0 Å². The van der Waals surface area contributed by atoms with Crippen LogP contribution in [0.4, 0.5) is 0 Å². The molecule has 0 aromatic heterocycles. The van der Waals surface area contributed by atoms with E-state index in [1.54, 1.807) is 0 Å². The molecule has 0 aliphatic rings. The Kier molecular flexibility index (Phi) is 4.21. The molecule has 0 saturated heterocycles. The molecule has 2 nitrogen and oxygen atoms in total. The first kappa shape index (κ1) is 9.90. The van der Waals surface area contributed by atoms with Gasteiger partial charge >= 0.3 is 0 Å². The highest BCUT2D eigenvalue weighted by Gasteiger charge is 2.09. The van der Waals surface area contributed by atoms with Gasteiger partial charge in [0.05, 0.1) is 0 Å². The molecule has 0 aliphatic heterocycles. The van der Waals surface area contributed by atoms with Crippen LogP contribution in [0.15, 0.2) is 0 Å². The lowest BCUT2D eigenvalue weighted by molar-refractivity contribution is -0.119. The van der Waals surface area contributed by atoms with Crippen LogP contribution >= 0.6 is 0 Å². The third-order valence-electron chi connectivity index (χ3n) is 1.30. The third-order valence-corrected chi connectivity index (χ3v) is 1.30. The number of hydrogen-bond acceptors (Lipinski definition) is 2. The van der Waals surface area contributed by atoms with Gasteiger partial charge < -0.3 is 0 Å². The SMILES string of the molecule is C#CC(CC(C)=O)CC(C)=O. The molecule has 0 atom stereocenters. The summed E-state index contributed by atoms with van der Waals surface area (Å²) in [5, 5.41) is 0. The van der Waals surface area contributed by atoms with Gasteiger partial charge in [-0.1, -0.05) is 0 Å². The fourth-order valence-electron chi connectivity index (χ4n) is 0.884. The Hall–Kier alpha value is -1.10. The Morgan fingerprint density at radius 2 is 1.64 bits per heavy atom. The molecule has 60 valence electrons. The lowest BCUT2D eigenvalue weighted by Gasteiger charge is -2.03. The van der Waals surface area contributed by atoms with Crippen LogP contribution < -0.4 is 0 Å². The van der Waals surface area contributed by atoms with Crippen LogP contribution in [0.5, 0.6) is 0 Å². The zero-order valence-corrected chi connectivity index (χ0v) is 6.89. The summed E-state index contributed by atoms with van der Waals surface area (Å²) in [5.74, 6) is 2.29. The van der Waals surface area contributed by atoms with Crippen LogP contribution in [-0.2, 0) is 9.59 Å². The van der Waals surface area contributed by atoms with Gasteiger partial charge in [-0.25, -0.2) is 0 Å². The maximum Gasteiger partial charge on any atom is 0.131 e. The number of terminal acetylenes is 1. The molecule has 0 aliphatic carbocycles. The van der Waals surface area contributed by atoms with Crippen LogP contribution in [0, 0.1) is 18.3 Å². The van der Waals surface area contributed by atoms with E-state index in [0.717, 1.165) is 0 Å². The fraction of sp³-hybridized carbons (Fsp3) is 0.556. The molecule has 0 fully saturated rings. The molecular formula is C9H12O2. The van der Waals surface area contributed by atoms with E-state index in [9.17, 15) is 9.59 Å². The lowest BCUT2D eigenvalue weighted by atomic mass is 9.98. The minimum atomic E-state index is -0.204. The molecule has 0 aromatic carbocycles. The number of carbonyl (C=O) groups excluding carboxylic acids is 2. The molecule has 0 radical (unpaired) electrons. The second-order valence-electron chi connectivity index (χ2n) is 2.68. The second kappa shape index (κ2) is 4.68. The van der Waals surface area contributed by atoms with Crippen molar-refractivity contribution in [1.82, 2.24) is 0 Å². The first-order valence-electron chi connectivity index (χ1n) is 3.51. The first-order valence-corrected chi connectivity index (χ1v) is 3.51. The van der Waals surface area contributed by atoms with Gasteiger partial charge in [0.1, 0.15) is 11.6 Å². The highest BCUT2D eigenvalue weighted by molar-refractivity contribution is 5.79. The summed E-state index contributed by atoms with van der Waals surface area (Å²) in [6.07, 6.45) is 5.75. The lowest BCUT2D eigenvalue weighted by Crippen LogP contribution is -2.07. The van der Waals surface area contributed by atoms with Crippen molar-refractivity contribution in [2.75, 3.05) is 0 Å². The van der Waals surface area contributed by atoms with Crippen molar-refractivity contribution in [3.63, 3.8) is 0 Å².